The first-order valence-corrected chi connectivity index (χ1v) is 10.5. The van der Waals surface area contributed by atoms with E-state index < -0.39 is 0 Å². The van der Waals surface area contributed by atoms with Gasteiger partial charge in [-0.2, -0.15) is 0 Å². The molecule has 0 atom stereocenters. The van der Waals surface area contributed by atoms with Crippen LogP contribution in [-0.4, -0.2) is 63.8 Å². The fourth-order valence-corrected chi connectivity index (χ4v) is 2.60. The van der Waals surface area contributed by atoms with E-state index in [1.807, 2.05) is 6.92 Å². The van der Waals surface area contributed by atoms with E-state index >= 15 is 0 Å². The predicted octanol–water partition coefficient (Wildman–Crippen LogP) is 2.95. The Balaban J connectivity index is 0.00000450. The third kappa shape index (κ3) is 10.5. The number of ether oxygens (including phenoxy) is 2. The second-order valence-electron chi connectivity index (χ2n) is 7.65. The van der Waals surface area contributed by atoms with Gasteiger partial charge in [-0.3, -0.25) is 4.79 Å². The van der Waals surface area contributed by atoms with Crippen LogP contribution in [0.15, 0.2) is 23.2 Å². The molecule has 0 aliphatic heterocycles. The molecule has 1 aliphatic carbocycles. The summed E-state index contributed by atoms with van der Waals surface area (Å²) in [5, 5.41) is 6.40. The third-order valence-corrected chi connectivity index (χ3v) is 4.67. The molecular weight excluding hydrogens is 495 g/mol. The van der Waals surface area contributed by atoms with Crippen LogP contribution in [-0.2, 0) is 16.1 Å². The first-order valence-electron chi connectivity index (χ1n) is 10.5. The van der Waals surface area contributed by atoms with Crippen molar-refractivity contribution in [2.24, 2.45) is 10.9 Å². The molecule has 1 fully saturated rings. The van der Waals surface area contributed by atoms with Crippen molar-refractivity contribution in [2.75, 3.05) is 47.0 Å². The lowest BCUT2D eigenvalue weighted by atomic mass is 10.1. The van der Waals surface area contributed by atoms with Crippen LogP contribution >= 0.6 is 24.0 Å². The molecule has 30 heavy (non-hydrogen) atoms. The molecule has 0 unspecified atom stereocenters. The lowest BCUT2D eigenvalue weighted by molar-refractivity contribution is -0.127. The topological polar surface area (TPSA) is 75.2 Å². The molecule has 170 valence electrons. The minimum Gasteiger partial charge on any atom is -0.493 e. The Labute approximate surface area is 198 Å². The normalized spacial score (nSPS) is 13.4. The Bertz CT molecular complexity index is 678. The van der Waals surface area contributed by atoms with Gasteiger partial charge in [0.05, 0.1) is 19.7 Å². The van der Waals surface area contributed by atoms with Crippen LogP contribution in [0.3, 0.4) is 0 Å². The lowest BCUT2D eigenvalue weighted by Gasteiger charge is -2.16. The first kappa shape index (κ1) is 26.5. The van der Waals surface area contributed by atoms with Crippen LogP contribution in [0.1, 0.15) is 37.3 Å². The molecule has 2 N–H and O–H groups in total. The molecule has 1 saturated carbocycles. The first-order chi connectivity index (χ1) is 14.0. The number of nitrogens with one attached hydrogen (secondary N) is 2. The third-order valence-electron chi connectivity index (χ3n) is 4.67. The maximum Gasteiger partial charge on any atom is 0.241 e. The number of hydrogen-bond acceptors (Lipinski definition) is 4. The quantitative estimate of drug-likeness (QED) is 0.188. The molecule has 0 spiro atoms. The fourth-order valence-electron chi connectivity index (χ4n) is 2.60. The van der Waals surface area contributed by atoms with Crippen LogP contribution in [0.4, 0.5) is 0 Å². The van der Waals surface area contributed by atoms with Crippen molar-refractivity contribution in [3.8, 4) is 5.75 Å². The van der Waals surface area contributed by atoms with Gasteiger partial charge in [-0.1, -0.05) is 12.1 Å². The number of halogens is 1. The zero-order valence-electron chi connectivity index (χ0n) is 18.7. The zero-order valence-corrected chi connectivity index (χ0v) is 21.0. The lowest BCUT2D eigenvalue weighted by Crippen LogP contribution is -2.43. The standard InChI is InChI=1S/C22H36N4O3.HI/c1-5-28-12-6-11-23-22(25-15-21(27)26(3)4)24-14-19-10-7-17(2)13-20(19)29-16-18-8-9-18;/h7,10,13,18H,5-6,8-9,11-12,14-16H2,1-4H3,(H2,23,24,25);1H. The average molecular weight is 532 g/mol. The van der Waals surface area contributed by atoms with Crippen molar-refractivity contribution >= 4 is 35.8 Å². The van der Waals surface area contributed by atoms with Crippen molar-refractivity contribution in [3.63, 3.8) is 0 Å². The number of carbonyl (C=O) groups is 1. The number of likely N-dealkylation sites (N-methyl/N-ethyl adjacent to an activating group) is 1. The highest BCUT2D eigenvalue weighted by Crippen LogP contribution is 2.30. The summed E-state index contributed by atoms with van der Waals surface area (Å²) in [7, 11) is 3.48. The van der Waals surface area contributed by atoms with Crippen molar-refractivity contribution in [1.29, 1.82) is 0 Å². The molecule has 7 nitrogen and oxygen atoms in total. The van der Waals surface area contributed by atoms with Crippen LogP contribution in [0.5, 0.6) is 5.75 Å². The largest absolute Gasteiger partial charge is 0.493 e. The van der Waals surface area contributed by atoms with E-state index in [0.717, 1.165) is 30.9 Å². The van der Waals surface area contributed by atoms with Crippen LogP contribution in [0, 0.1) is 12.8 Å². The van der Waals surface area contributed by atoms with E-state index in [-0.39, 0.29) is 36.4 Å². The fraction of sp³-hybridized carbons (Fsp3) is 0.636. The molecule has 8 heteroatoms. The van der Waals surface area contributed by atoms with Gasteiger partial charge in [-0.15, -0.1) is 24.0 Å². The number of guanidine groups is 1. The summed E-state index contributed by atoms with van der Waals surface area (Å²) in [5.41, 5.74) is 2.22. The second kappa shape index (κ2) is 14.5. The highest BCUT2D eigenvalue weighted by molar-refractivity contribution is 14.0. The van der Waals surface area contributed by atoms with Crippen LogP contribution < -0.4 is 15.4 Å². The number of hydrogen-bond donors (Lipinski definition) is 2. The van der Waals surface area contributed by atoms with Crippen molar-refractivity contribution in [2.45, 2.75) is 39.7 Å². The molecule has 2 rings (SSSR count). The van der Waals surface area contributed by atoms with E-state index in [0.29, 0.717) is 31.6 Å². The number of benzene rings is 1. The summed E-state index contributed by atoms with van der Waals surface area (Å²) in [4.78, 5) is 18.2. The van der Waals surface area contributed by atoms with Gasteiger partial charge >= 0.3 is 0 Å². The smallest absolute Gasteiger partial charge is 0.241 e. The minimum absolute atomic E-state index is 0. The minimum atomic E-state index is -0.00221. The molecular formula is C22H37IN4O3. The predicted molar refractivity (Wildman–Crippen MR) is 132 cm³/mol. The Morgan fingerprint density at radius 1 is 1.27 bits per heavy atom. The molecule has 0 aromatic heterocycles. The molecule has 0 saturated heterocycles. The maximum atomic E-state index is 11.9. The van der Waals surface area contributed by atoms with Gasteiger partial charge in [0.25, 0.3) is 0 Å². The highest BCUT2D eigenvalue weighted by Gasteiger charge is 2.22. The highest BCUT2D eigenvalue weighted by atomic mass is 127. The molecule has 1 aliphatic rings. The number of amides is 1. The van der Waals surface area contributed by atoms with Crippen LogP contribution in [0.2, 0.25) is 0 Å². The maximum absolute atomic E-state index is 11.9. The molecule has 0 radical (unpaired) electrons. The van der Waals surface area contributed by atoms with Crippen molar-refractivity contribution in [3.05, 3.63) is 29.3 Å². The summed E-state index contributed by atoms with van der Waals surface area (Å²) in [6.07, 6.45) is 3.40. The summed E-state index contributed by atoms with van der Waals surface area (Å²) in [6.45, 7) is 7.65. The summed E-state index contributed by atoms with van der Waals surface area (Å²) in [6, 6.07) is 6.22. The Morgan fingerprint density at radius 3 is 2.70 bits per heavy atom. The van der Waals surface area contributed by atoms with E-state index in [9.17, 15) is 4.79 Å². The van der Waals surface area contributed by atoms with Gasteiger partial charge in [0.15, 0.2) is 5.96 Å². The number of rotatable bonds is 12. The van der Waals surface area contributed by atoms with Gasteiger partial charge in [0, 0.05) is 39.4 Å². The molecule has 1 amide bonds. The van der Waals surface area contributed by atoms with E-state index in [4.69, 9.17) is 9.47 Å². The summed E-state index contributed by atoms with van der Waals surface area (Å²) < 4.78 is 11.4. The Morgan fingerprint density at radius 2 is 2.03 bits per heavy atom. The summed E-state index contributed by atoms with van der Waals surface area (Å²) in [5.74, 6) is 2.22. The summed E-state index contributed by atoms with van der Waals surface area (Å²) >= 11 is 0. The van der Waals surface area contributed by atoms with Crippen molar-refractivity contribution < 1.29 is 14.3 Å². The molecule has 0 heterocycles. The SMILES string of the molecule is CCOCCCNC(=NCc1ccc(C)cc1OCC1CC1)NCC(=O)N(C)C.I. The number of nitrogens with zero attached hydrogens (tertiary/aromatic N) is 2. The molecule has 1 aromatic rings. The van der Waals surface area contributed by atoms with Gasteiger partial charge in [0.2, 0.25) is 5.91 Å². The Kier molecular flexibility index (Phi) is 12.8. The van der Waals surface area contributed by atoms with Gasteiger partial charge in [-0.25, -0.2) is 4.99 Å². The molecule has 0 bridgehead atoms. The number of aryl methyl sites for hydroxylation is 1. The van der Waals surface area contributed by atoms with E-state index in [2.05, 4.69) is 40.7 Å². The monoisotopic (exact) mass is 532 g/mol. The van der Waals surface area contributed by atoms with Gasteiger partial charge in [-0.05, 0) is 50.7 Å². The van der Waals surface area contributed by atoms with E-state index in [1.165, 1.54) is 18.4 Å². The number of carbonyl (C=O) groups excluding carboxylic acids is 1. The number of aliphatic imine (C=N–C) groups is 1. The van der Waals surface area contributed by atoms with Gasteiger partial charge < -0.3 is 25.0 Å². The van der Waals surface area contributed by atoms with Crippen LogP contribution in [0.25, 0.3) is 0 Å². The van der Waals surface area contributed by atoms with E-state index in [1.54, 1.807) is 19.0 Å². The second-order valence-corrected chi connectivity index (χ2v) is 7.65. The van der Waals surface area contributed by atoms with Crippen molar-refractivity contribution in [1.82, 2.24) is 15.5 Å². The Hall–Kier alpha value is -1.55. The zero-order chi connectivity index (χ0) is 21.1. The average Bonchev–Trinajstić information content (AvgIpc) is 3.52. The molecule has 1 aromatic carbocycles. The van der Waals surface area contributed by atoms with Gasteiger partial charge in [0.1, 0.15) is 5.75 Å².